The second kappa shape index (κ2) is 6.57. The van der Waals surface area contributed by atoms with E-state index in [1.807, 2.05) is 11.0 Å². The van der Waals surface area contributed by atoms with Gasteiger partial charge in [-0.3, -0.25) is 4.79 Å². The van der Waals surface area contributed by atoms with Gasteiger partial charge in [0.1, 0.15) is 11.4 Å². The van der Waals surface area contributed by atoms with Crippen LogP contribution in [0, 0.1) is 17.7 Å². The summed E-state index contributed by atoms with van der Waals surface area (Å²) >= 11 is 6.71. The molecule has 152 valence electrons. The molecule has 6 nitrogen and oxygen atoms in total. The summed E-state index contributed by atoms with van der Waals surface area (Å²) in [6.07, 6.45) is 8.06. The molecule has 0 bridgehead atoms. The van der Waals surface area contributed by atoms with E-state index in [1.165, 1.54) is 6.20 Å². The van der Waals surface area contributed by atoms with Crippen LogP contribution in [0.15, 0.2) is 29.2 Å². The first-order valence-corrected chi connectivity index (χ1v) is 10.2. The lowest BCUT2D eigenvalue weighted by Gasteiger charge is -2.25. The normalized spacial score (nSPS) is 26.2. The minimum Gasteiger partial charge on any atom is -0.477 e. The molecule has 0 amide bonds. The zero-order valence-electron chi connectivity index (χ0n) is 15.6. The van der Waals surface area contributed by atoms with Crippen molar-refractivity contribution in [1.29, 1.82) is 0 Å². The number of anilines is 1. The molecule has 8 heteroatoms. The number of carbonyl (C=O) groups is 1. The van der Waals surface area contributed by atoms with Crippen molar-refractivity contribution in [3.63, 3.8) is 0 Å². The van der Waals surface area contributed by atoms with Crippen molar-refractivity contribution in [2.45, 2.75) is 31.3 Å². The van der Waals surface area contributed by atoms with Crippen LogP contribution >= 0.6 is 11.6 Å². The number of fused-ring (bicyclic) bond motifs is 2. The van der Waals surface area contributed by atoms with Gasteiger partial charge in [0.15, 0.2) is 0 Å². The third kappa shape index (κ3) is 2.87. The topological polar surface area (TPSA) is 88.6 Å². The van der Waals surface area contributed by atoms with E-state index < -0.39 is 17.2 Å². The van der Waals surface area contributed by atoms with Crippen LogP contribution in [0.5, 0.6) is 0 Å². The summed E-state index contributed by atoms with van der Waals surface area (Å²) in [4.78, 5) is 26.1. The molecular weight excluding hydrogens is 397 g/mol. The Balaban J connectivity index is 1.69. The highest BCUT2D eigenvalue weighted by molar-refractivity contribution is 6.38. The highest BCUT2D eigenvalue weighted by atomic mass is 35.5. The van der Waals surface area contributed by atoms with Gasteiger partial charge in [-0.05, 0) is 37.2 Å². The first-order valence-electron chi connectivity index (χ1n) is 9.84. The number of allylic oxidation sites excluding steroid dienone is 1. The monoisotopic (exact) mass is 417 g/mol. The number of nitrogens with zero attached hydrogens (tertiary/aromatic N) is 2. The van der Waals surface area contributed by atoms with Gasteiger partial charge in [0.05, 0.1) is 21.6 Å². The summed E-state index contributed by atoms with van der Waals surface area (Å²) in [6.45, 7) is 1.24. The Morgan fingerprint density at radius 2 is 2.07 bits per heavy atom. The quantitative estimate of drug-likeness (QED) is 0.749. The van der Waals surface area contributed by atoms with Gasteiger partial charge in [0, 0.05) is 31.4 Å². The largest absolute Gasteiger partial charge is 0.477 e. The van der Waals surface area contributed by atoms with E-state index in [1.54, 1.807) is 4.57 Å². The average molecular weight is 418 g/mol. The van der Waals surface area contributed by atoms with Crippen molar-refractivity contribution in [2.75, 3.05) is 18.0 Å². The number of aromatic carboxylic acids is 1. The van der Waals surface area contributed by atoms with E-state index in [4.69, 9.17) is 17.3 Å². The van der Waals surface area contributed by atoms with Crippen LogP contribution in [0.1, 0.15) is 35.7 Å². The molecule has 3 atom stereocenters. The number of nitrogens with two attached hydrogens (primary N) is 1. The van der Waals surface area contributed by atoms with E-state index >= 15 is 4.39 Å². The standard InChI is InChI=1S/C21H21ClFN3O3/c22-17-18-12(20(27)14(21(28)29)9-26(18)11-4-5-11)6-15(23)19(17)25-7-10-2-1-3-16(24)13(10)8-25/h1,3,6,9-11,13,16H,2,4-5,7-8,24H2,(H,28,29). The molecule has 29 heavy (non-hydrogen) atoms. The summed E-state index contributed by atoms with van der Waals surface area (Å²) in [6, 6.07) is 1.15. The molecule has 1 saturated heterocycles. The van der Waals surface area contributed by atoms with Gasteiger partial charge in [-0.2, -0.15) is 0 Å². The maximum absolute atomic E-state index is 15.2. The van der Waals surface area contributed by atoms with Gasteiger partial charge >= 0.3 is 5.97 Å². The number of hydrogen-bond acceptors (Lipinski definition) is 4. The number of carboxylic acid groups (broad SMARTS) is 1. The number of benzene rings is 1. The zero-order chi connectivity index (χ0) is 20.4. The van der Waals surface area contributed by atoms with Crippen molar-refractivity contribution in [2.24, 2.45) is 17.6 Å². The molecule has 2 heterocycles. The molecule has 1 aliphatic heterocycles. The predicted molar refractivity (Wildman–Crippen MR) is 109 cm³/mol. The van der Waals surface area contributed by atoms with Gasteiger partial charge in [-0.15, -0.1) is 0 Å². The molecule has 2 fully saturated rings. The molecule has 2 aliphatic carbocycles. The Kier molecular flexibility index (Phi) is 4.22. The summed E-state index contributed by atoms with van der Waals surface area (Å²) in [7, 11) is 0. The van der Waals surface area contributed by atoms with Gasteiger partial charge < -0.3 is 20.3 Å². The van der Waals surface area contributed by atoms with E-state index in [0.717, 1.165) is 25.3 Å². The first kappa shape index (κ1) is 18.6. The molecule has 1 aromatic carbocycles. The third-order valence-electron chi connectivity index (χ3n) is 6.45. The molecule has 0 spiro atoms. The summed E-state index contributed by atoms with van der Waals surface area (Å²) < 4.78 is 16.9. The van der Waals surface area contributed by atoms with Crippen LogP contribution in [-0.4, -0.2) is 34.8 Å². The molecule has 5 rings (SSSR count). The molecule has 3 N–H and O–H groups in total. The fourth-order valence-corrected chi connectivity index (χ4v) is 5.24. The van der Waals surface area contributed by atoms with E-state index in [2.05, 4.69) is 6.08 Å². The SMILES string of the molecule is NC1C=CCC2CN(c3c(F)cc4c(=O)c(C(=O)O)cn(C5CC5)c4c3Cl)CC12. The van der Waals surface area contributed by atoms with Gasteiger partial charge in [0.2, 0.25) is 5.43 Å². The maximum atomic E-state index is 15.2. The average Bonchev–Trinajstić information content (AvgIpc) is 3.42. The van der Waals surface area contributed by atoms with Crippen LogP contribution in [0.25, 0.3) is 10.9 Å². The minimum atomic E-state index is -1.32. The minimum absolute atomic E-state index is 0.0121. The fraction of sp³-hybridized carbons (Fsp3) is 0.429. The summed E-state index contributed by atoms with van der Waals surface area (Å²) in [5.41, 5.74) is 5.84. The lowest BCUT2D eigenvalue weighted by atomic mass is 9.83. The Labute approximate surface area is 171 Å². The molecule has 1 aromatic heterocycles. The fourth-order valence-electron chi connectivity index (χ4n) is 4.83. The molecule has 0 radical (unpaired) electrons. The Morgan fingerprint density at radius 1 is 1.31 bits per heavy atom. The van der Waals surface area contributed by atoms with Crippen LogP contribution < -0.4 is 16.1 Å². The van der Waals surface area contributed by atoms with Gasteiger partial charge in [-0.25, -0.2) is 9.18 Å². The van der Waals surface area contributed by atoms with E-state index in [9.17, 15) is 14.7 Å². The second-order valence-electron chi connectivity index (χ2n) is 8.30. The molecule has 1 saturated carbocycles. The maximum Gasteiger partial charge on any atom is 0.341 e. The number of halogens is 2. The highest BCUT2D eigenvalue weighted by Gasteiger charge is 2.39. The first-order chi connectivity index (χ1) is 13.9. The molecule has 3 unspecified atom stereocenters. The van der Waals surface area contributed by atoms with Crippen LogP contribution in [0.2, 0.25) is 5.02 Å². The van der Waals surface area contributed by atoms with E-state index in [-0.39, 0.29) is 39.7 Å². The van der Waals surface area contributed by atoms with Crippen LogP contribution in [0.3, 0.4) is 0 Å². The lowest BCUT2D eigenvalue weighted by Crippen LogP contribution is -2.35. The number of pyridine rings is 1. The van der Waals surface area contributed by atoms with Gasteiger partial charge in [-0.1, -0.05) is 23.8 Å². The Morgan fingerprint density at radius 3 is 2.72 bits per heavy atom. The second-order valence-corrected chi connectivity index (χ2v) is 8.68. The summed E-state index contributed by atoms with van der Waals surface area (Å²) in [5, 5.41) is 9.57. The van der Waals surface area contributed by atoms with Crippen molar-refractivity contribution >= 4 is 34.2 Å². The van der Waals surface area contributed by atoms with Gasteiger partial charge in [0.25, 0.3) is 0 Å². The molecule has 3 aliphatic rings. The van der Waals surface area contributed by atoms with Crippen molar-refractivity contribution in [3.05, 3.63) is 51.0 Å². The summed E-state index contributed by atoms with van der Waals surface area (Å²) in [5.74, 6) is -1.37. The van der Waals surface area contributed by atoms with Crippen molar-refractivity contribution in [3.8, 4) is 0 Å². The predicted octanol–water partition coefficient (Wildman–Crippen LogP) is 3.17. The number of rotatable bonds is 3. The van der Waals surface area contributed by atoms with Crippen LogP contribution in [-0.2, 0) is 0 Å². The highest BCUT2D eigenvalue weighted by Crippen LogP contribution is 2.44. The number of aromatic nitrogens is 1. The van der Waals surface area contributed by atoms with Crippen molar-refractivity contribution < 1.29 is 14.3 Å². The Bertz CT molecular complexity index is 1120. The van der Waals surface area contributed by atoms with Crippen LogP contribution in [0.4, 0.5) is 10.1 Å². The van der Waals surface area contributed by atoms with Crippen molar-refractivity contribution in [1.82, 2.24) is 4.57 Å². The number of hydrogen-bond donors (Lipinski definition) is 2. The third-order valence-corrected chi connectivity index (χ3v) is 6.81. The van der Waals surface area contributed by atoms with E-state index in [0.29, 0.717) is 24.5 Å². The lowest BCUT2D eigenvalue weighted by molar-refractivity contribution is 0.0695. The number of carboxylic acids is 1. The Hall–Kier alpha value is -2.38. The smallest absolute Gasteiger partial charge is 0.341 e. The molecular formula is C21H21ClFN3O3. The zero-order valence-corrected chi connectivity index (χ0v) is 16.4. The molecule has 2 aromatic rings.